The van der Waals surface area contributed by atoms with E-state index in [4.69, 9.17) is 9.15 Å². The van der Waals surface area contributed by atoms with Crippen LogP contribution in [0.15, 0.2) is 21.0 Å². The van der Waals surface area contributed by atoms with Crippen LogP contribution >= 0.6 is 15.9 Å². The van der Waals surface area contributed by atoms with E-state index in [1.807, 2.05) is 0 Å². The molecule has 0 saturated heterocycles. The second-order valence-electron chi connectivity index (χ2n) is 4.11. The number of carbonyl (C=O) groups is 1. The van der Waals surface area contributed by atoms with Crippen LogP contribution in [0.1, 0.15) is 30.1 Å². The second kappa shape index (κ2) is 6.34. The molecule has 1 heterocycles. The van der Waals surface area contributed by atoms with Crippen LogP contribution in [0.5, 0.6) is 0 Å². The van der Waals surface area contributed by atoms with E-state index in [9.17, 15) is 13.6 Å². The molecule has 0 aliphatic rings. The number of rotatable bonds is 4. The van der Waals surface area contributed by atoms with Gasteiger partial charge in [-0.2, -0.15) is 0 Å². The summed E-state index contributed by atoms with van der Waals surface area (Å²) in [6.45, 7) is 3.56. The van der Waals surface area contributed by atoms with Crippen LogP contribution in [0.2, 0.25) is 0 Å². The monoisotopic (exact) mass is 359 g/mol. The average Bonchev–Trinajstić information content (AvgIpc) is 2.81. The van der Waals surface area contributed by atoms with Gasteiger partial charge in [0.2, 0.25) is 11.7 Å². The topological polar surface area (TPSA) is 52.3 Å². The van der Waals surface area contributed by atoms with Crippen molar-refractivity contribution in [1.29, 1.82) is 0 Å². The fourth-order valence-corrected chi connectivity index (χ4v) is 2.20. The van der Waals surface area contributed by atoms with Crippen molar-refractivity contribution in [2.45, 2.75) is 20.3 Å². The summed E-state index contributed by atoms with van der Waals surface area (Å²) >= 11 is 2.99. The Balaban J connectivity index is 2.54. The van der Waals surface area contributed by atoms with Gasteiger partial charge in [0.05, 0.1) is 12.3 Å². The Labute approximate surface area is 128 Å². The molecule has 0 fully saturated rings. The lowest BCUT2D eigenvalue weighted by Crippen LogP contribution is -2.05. The van der Waals surface area contributed by atoms with Gasteiger partial charge in [0.15, 0.2) is 0 Å². The highest BCUT2D eigenvalue weighted by molar-refractivity contribution is 9.10. The molecular formula is C14H12BrF2NO3. The number of halogens is 3. The van der Waals surface area contributed by atoms with E-state index in [2.05, 4.69) is 20.9 Å². The van der Waals surface area contributed by atoms with Gasteiger partial charge < -0.3 is 9.15 Å². The number of benzene rings is 1. The van der Waals surface area contributed by atoms with Crippen molar-refractivity contribution in [2.24, 2.45) is 0 Å². The Kier molecular flexibility index (Phi) is 4.72. The van der Waals surface area contributed by atoms with E-state index in [-0.39, 0.29) is 22.7 Å². The van der Waals surface area contributed by atoms with Crippen molar-refractivity contribution in [1.82, 2.24) is 4.98 Å². The lowest BCUT2D eigenvalue weighted by atomic mass is 10.2. The van der Waals surface area contributed by atoms with Crippen LogP contribution < -0.4 is 0 Å². The number of aromatic nitrogens is 1. The molecule has 2 rings (SSSR count). The van der Waals surface area contributed by atoms with Crippen LogP contribution in [0.3, 0.4) is 0 Å². The molecule has 4 nitrogen and oxygen atoms in total. The molecular weight excluding hydrogens is 348 g/mol. The number of nitrogens with zero attached hydrogens (tertiary/aromatic N) is 1. The maximum Gasteiger partial charge on any atom is 0.376 e. The number of aryl methyl sites for hydroxylation is 1. The predicted molar refractivity (Wildman–Crippen MR) is 74.9 cm³/mol. The van der Waals surface area contributed by atoms with Crippen LogP contribution in [0.25, 0.3) is 11.5 Å². The van der Waals surface area contributed by atoms with Gasteiger partial charge in [0, 0.05) is 4.47 Å². The van der Waals surface area contributed by atoms with Gasteiger partial charge >= 0.3 is 5.97 Å². The van der Waals surface area contributed by atoms with Crippen molar-refractivity contribution in [3.05, 3.63) is 39.7 Å². The first-order valence-electron chi connectivity index (χ1n) is 6.29. The molecule has 0 spiro atoms. The quantitative estimate of drug-likeness (QED) is 0.770. The fourth-order valence-electron chi connectivity index (χ4n) is 1.80. The van der Waals surface area contributed by atoms with Crippen LogP contribution in [-0.4, -0.2) is 17.6 Å². The molecule has 0 radical (unpaired) electrons. The Morgan fingerprint density at radius 3 is 2.48 bits per heavy atom. The first kappa shape index (κ1) is 15.6. The molecule has 1 aromatic carbocycles. The molecule has 0 atom stereocenters. The Hall–Kier alpha value is -1.76. The second-order valence-corrected chi connectivity index (χ2v) is 5.03. The summed E-state index contributed by atoms with van der Waals surface area (Å²) in [4.78, 5) is 15.7. The zero-order chi connectivity index (χ0) is 15.6. The number of oxazole rings is 1. The van der Waals surface area contributed by atoms with Crippen LogP contribution in [0.4, 0.5) is 8.78 Å². The molecule has 0 amide bonds. The number of carbonyl (C=O) groups excluding carboxylic acids is 1. The summed E-state index contributed by atoms with van der Waals surface area (Å²) in [6.07, 6.45) is 0.372. The SMILES string of the molecule is CCOC(=O)c1oc(-c2c(F)cc(Br)cc2F)nc1CC. The molecule has 0 unspecified atom stereocenters. The Bertz CT molecular complexity index is 662. The lowest BCUT2D eigenvalue weighted by Gasteiger charge is -2.01. The zero-order valence-electron chi connectivity index (χ0n) is 11.4. The van der Waals surface area contributed by atoms with E-state index in [0.29, 0.717) is 12.1 Å². The molecule has 21 heavy (non-hydrogen) atoms. The van der Waals surface area contributed by atoms with E-state index < -0.39 is 23.2 Å². The summed E-state index contributed by atoms with van der Waals surface area (Å²) < 4.78 is 38.1. The van der Waals surface area contributed by atoms with Gasteiger partial charge in [-0.3, -0.25) is 0 Å². The van der Waals surface area contributed by atoms with Crippen molar-refractivity contribution >= 4 is 21.9 Å². The Morgan fingerprint density at radius 1 is 1.33 bits per heavy atom. The summed E-state index contributed by atoms with van der Waals surface area (Å²) in [5, 5.41) is 0. The number of ether oxygens (including phenoxy) is 1. The first-order valence-corrected chi connectivity index (χ1v) is 7.08. The number of esters is 1. The molecule has 0 saturated carbocycles. The largest absolute Gasteiger partial charge is 0.460 e. The highest BCUT2D eigenvalue weighted by Crippen LogP contribution is 2.30. The smallest absolute Gasteiger partial charge is 0.376 e. The molecule has 7 heteroatoms. The van der Waals surface area contributed by atoms with Gasteiger partial charge in [-0.15, -0.1) is 0 Å². The lowest BCUT2D eigenvalue weighted by molar-refractivity contribution is 0.0489. The molecule has 0 N–H and O–H groups in total. The first-order chi connectivity index (χ1) is 9.97. The standard InChI is InChI=1S/C14H12BrF2NO3/c1-3-10-12(14(19)20-4-2)21-13(18-10)11-8(16)5-7(15)6-9(11)17/h5-6H,3-4H2,1-2H3. The maximum absolute atomic E-state index is 13.9. The van der Waals surface area contributed by atoms with Crippen LogP contribution in [0, 0.1) is 11.6 Å². The Morgan fingerprint density at radius 2 is 1.95 bits per heavy atom. The van der Waals surface area contributed by atoms with E-state index in [0.717, 1.165) is 12.1 Å². The predicted octanol–water partition coefficient (Wildman–Crippen LogP) is 4.12. The van der Waals surface area contributed by atoms with E-state index >= 15 is 0 Å². The average molecular weight is 360 g/mol. The minimum absolute atomic E-state index is 0.129. The summed E-state index contributed by atoms with van der Waals surface area (Å²) in [7, 11) is 0. The third-order valence-corrected chi connectivity index (χ3v) is 3.17. The molecule has 1 aromatic heterocycles. The summed E-state index contributed by atoms with van der Waals surface area (Å²) in [5.41, 5.74) is -0.117. The van der Waals surface area contributed by atoms with Gasteiger partial charge in [-0.05, 0) is 25.5 Å². The van der Waals surface area contributed by atoms with E-state index in [1.165, 1.54) is 0 Å². The molecule has 2 aromatic rings. The minimum atomic E-state index is -0.832. The number of hydrogen-bond donors (Lipinski definition) is 0. The normalized spacial score (nSPS) is 10.7. The third-order valence-electron chi connectivity index (χ3n) is 2.71. The molecule has 0 aliphatic heterocycles. The van der Waals surface area contributed by atoms with Crippen LogP contribution in [-0.2, 0) is 11.2 Å². The zero-order valence-corrected chi connectivity index (χ0v) is 13.0. The van der Waals surface area contributed by atoms with E-state index in [1.54, 1.807) is 13.8 Å². The highest BCUT2D eigenvalue weighted by Gasteiger charge is 2.24. The van der Waals surface area contributed by atoms with Crippen molar-refractivity contribution in [2.75, 3.05) is 6.61 Å². The molecule has 0 bridgehead atoms. The fraction of sp³-hybridized carbons (Fsp3) is 0.286. The van der Waals surface area contributed by atoms with Gasteiger partial charge in [0.25, 0.3) is 0 Å². The molecule has 0 aliphatic carbocycles. The van der Waals surface area contributed by atoms with Crippen molar-refractivity contribution < 1.29 is 22.7 Å². The van der Waals surface area contributed by atoms with Crippen molar-refractivity contribution in [3.8, 4) is 11.5 Å². The maximum atomic E-state index is 13.9. The minimum Gasteiger partial charge on any atom is -0.460 e. The summed E-state index contributed by atoms with van der Waals surface area (Å²) in [6, 6.07) is 2.19. The molecule has 112 valence electrons. The van der Waals surface area contributed by atoms with Gasteiger partial charge in [-0.1, -0.05) is 22.9 Å². The third kappa shape index (κ3) is 3.12. The number of hydrogen-bond acceptors (Lipinski definition) is 4. The van der Waals surface area contributed by atoms with Gasteiger partial charge in [0.1, 0.15) is 17.2 Å². The highest BCUT2D eigenvalue weighted by atomic mass is 79.9. The van der Waals surface area contributed by atoms with Crippen molar-refractivity contribution in [3.63, 3.8) is 0 Å². The summed E-state index contributed by atoms with van der Waals surface area (Å²) in [5.74, 6) is -2.78. The van der Waals surface area contributed by atoms with Gasteiger partial charge in [-0.25, -0.2) is 18.6 Å².